The van der Waals surface area contributed by atoms with Gasteiger partial charge in [0.2, 0.25) is 10.0 Å². The summed E-state index contributed by atoms with van der Waals surface area (Å²) in [4.78, 5) is 2.41. The van der Waals surface area contributed by atoms with Crippen molar-refractivity contribution < 1.29 is 8.42 Å². The van der Waals surface area contributed by atoms with Crippen LogP contribution in [0.15, 0.2) is 53.4 Å². The predicted molar refractivity (Wildman–Crippen MR) is 101 cm³/mol. The summed E-state index contributed by atoms with van der Waals surface area (Å²) in [5, 5.41) is 0. The van der Waals surface area contributed by atoms with E-state index in [9.17, 15) is 8.42 Å². The van der Waals surface area contributed by atoms with E-state index in [-0.39, 0.29) is 6.04 Å². The Kier molecular flexibility index (Phi) is 5.57. The summed E-state index contributed by atoms with van der Waals surface area (Å²) in [6.07, 6.45) is 4.36. The highest BCUT2D eigenvalue weighted by atomic mass is 32.2. The lowest BCUT2D eigenvalue weighted by atomic mass is 9.92. The molecule has 1 atom stereocenters. The van der Waals surface area contributed by atoms with Crippen molar-refractivity contribution in [2.45, 2.75) is 36.6 Å². The van der Waals surface area contributed by atoms with Crippen molar-refractivity contribution in [2.24, 2.45) is 0 Å². The fraction of sp³-hybridized carbons (Fsp3) is 0.400. The van der Waals surface area contributed by atoms with Gasteiger partial charge in [-0.1, -0.05) is 36.4 Å². The van der Waals surface area contributed by atoms with Crippen molar-refractivity contribution in [3.63, 3.8) is 0 Å². The first-order chi connectivity index (χ1) is 12.0. The lowest BCUT2D eigenvalue weighted by molar-refractivity contribution is 0.299. The maximum Gasteiger partial charge on any atom is 0.240 e. The molecule has 25 heavy (non-hydrogen) atoms. The van der Waals surface area contributed by atoms with Crippen molar-refractivity contribution in [1.82, 2.24) is 9.62 Å². The SMILES string of the molecule is CN(C)[C@H](CNS(=O)(=O)c1ccc2c(c1)CCCC2)c1ccccc1. The fourth-order valence-corrected chi connectivity index (χ4v) is 4.51. The molecular formula is C20H26N2O2S. The highest BCUT2D eigenvalue weighted by molar-refractivity contribution is 7.89. The van der Waals surface area contributed by atoms with Crippen LogP contribution < -0.4 is 4.72 Å². The summed E-state index contributed by atoms with van der Waals surface area (Å²) in [5.41, 5.74) is 3.57. The molecule has 2 aromatic rings. The van der Waals surface area contributed by atoms with Gasteiger partial charge in [0.15, 0.2) is 0 Å². The smallest absolute Gasteiger partial charge is 0.240 e. The number of sulfonamides is 1. The highest BCUT2D eigenvalue weighted by Crippen LogP contribution is 2.24. The third kappa shape index (κ3) is 4.29. The molecular weight excluding hydrogens is 332 g/mol. The van der Waals surface area contributed by atoms with Gasteiger partial charge in [0.25, 0.3) is 0 Å². The highest BCUT2D eigenvalue weighted by Gasteiger charge is 2.21. The number of hydrogen-bond donors (Lipinski definition) is 1. The van der Waals surface area contributed by atoms with Crippen molar-refractivity contribution >= 4 is 10.0 Å². The molecule has 0 amide bonds. The van der Waals surface area contributed by atoms with E-state index in [2.05, 4.69) is 4.72 Å². The molecule has 3 rings (SSSR count). The van der Waals surface area contributed by atoms with E-state index in [1.807, 2.05) is 61.5 Å². The Bertz CT molecular complexity index is 817. The fourth-order valence-electron chi connectivity index (χ4n) is 3.42. The van der Waals surface area contributed by atoms with Crippen molar-refractivity contribution in [2.75, 3.05) is 20.6 Å². The van der Waals surface area contributed by atoms with Crippen molar-refractivity contribution in [3.05, 3.63) is 65.2 Å². The second-order valence-corrected chi connectivity index (χ2v) is 8.65. The third-order valence-electron chi connectivity index (χ3n) is 4.90. The van der Waals surface area contributed by atoms with Gasteiger partial charge in [-0.2, -0.15) is 0 Å². The number of hydrogen-bond acceptors (Lipinski definition) is 3. The molecule has 0 aromatic heterocycles. The van der Waals surface area contributed by atoms with Crippen LogP contribution in [0.25, 0.3) is 0 Å². The molecule has 5 heteroatoms. The lowest BCUT2D eigenvalue weighted by Gasteiger charge is -2.25. The summed E-state index contributed by atoms with van der Waals surface area (Å²) in [6, 6.07) is 15.5. The molecule has 0 spiro atoms. The predicted octanol–water partition coefficient (Wildman–Crippen LogP) is 3.15. The molecule has 0 radical (unpaired) electrons. The van der Waals surface area contributed by atoms with Gasteiger partial charge < -0.3 is 4.90 Å². The van der Waals surface area contributed by atoms with E-state index in [4.69, 9.17) is 0 Å². The largest absolute Gasteiger partial charge is 0.301 e. The van der Waals surface area contributed by atoms with Crippen LogP contribution in [0.2, 0.25) is 0 Å². The zero-order chi connectivity index (χ0) is 17.9. The Morgan fingerprint density at radius 2 is 1.68 bits per heavy atom. The summed E-state index contributed by atoms with van der Waals surface area (Å²) in [5.74, 6) is 0. The summed E-state index contributed by atoms with van der Waals surface area (Å²) < 4.78 is 28.3. The van der Waals surface area contributed by atoms with E-state index in [1.54, 1.807) is 6.07 Å². The van der Waals surface area contributed by atoms with Gasteiger partial charge in [0.1, 0.15) is 0 Å². The van der Waals surface area contributed by atoms with Gasteiger partial charge in [-0.05, 0) is 68.6 Å². The minimum absolute atomic E-state index is 0.00592. The number of aryl methyl sites for hydroxylation is 2. The Morgan fingerprint density at radius 1 is 1.00 bits per heavy atom. The molecule has 1 aliphatic carbocycles. The number of fused-ring (bicyclic) bond motifs is 1. The molecule has 0 aliphatic heterocycles. The number of nitrogens with zero attached hydrogens (tertiary/aromatic N) is 1. The monoisotopic (exact) mass is 358 g/mol. The second-order valence-electron chi connectivity index (χ2n) is 6.88. The average Bonchev–Trinajstić information content (AvgIpc) is 2.62. The molecule has 4 nitrogen and oxygen atoms in total. The maximum absolute atomic E-state index is 12.7. The Balaban J connectivity index is 1.77. The summed E-state index contributed by atoms with van der Waals surface area (Å²) in [7, 11) is 0.419. The standard InChI is InChI=1S/C20H26N2O2S/c1-22(2)20(17-9-4-3-5-10-17)15-21-25(23,24)19-13-12-16-8-6-7-11-18(16)14-19/h3-5,9-10,12-14,20-21H,6-8,11,15H2,1-2H3/t20-/m1/s1. The van der Waals surface area contributed by atoms with E-state index in [1.165, 1.54) is 17.5 Å². The molecule has 2 aromatic carbocycles. The Morgan fingerprint density at radius 3 is 2.36 bits per heavy atom. The first-order valence-electron chi connectivity index (χ1n) is 8.80. The topological polar surface area (TPSA) is 49.4 Å². The molecule has 0 fully saturated rings. The van der Waals surface area contributed by atoms with E-state index < -0.39 is 10.0 Å². The van der Waals surface area contributed by atoms with Crippen molar-refractivity contribution in [1.29, 1.82) is 0 Å². The minimum atomic E-state index is -3.51. The Labute approximate surface area is 150 Å². The first kappa shape index (κ1) is 18.1. The molecule has 1 aliphatic rings. The average molecular weight is 359 g/mol. The molecule has 0 unspecified atom stereocenters. The minimum Gasteiger partial charge on any atom is -0.301 e. The summed E-state index contributed by atoms with van der Waals surface area (Å²) in [6.45, 7) is 0.344. The zero-order valence-corrected chi connectivity index (χ0v) is 15.7. The third-order valence-corrected chi connectivity index (χ3v) is 6.33. The van der Waals surface area contributed by atoms with Crippen LogP contribution in [-0.4, -0.2) is 34.0 Å². The zero-order valence-electron chi connectivity index (χ0n) is 14.9. The van der Waals surface area contributed by atoms with Crippen LogP contribution in [0.3, 0.4) is 0 Å². The van der Waals surface area contributed by atoms with Gasteiger partial charge in [0, 0.05) is 12.6 Å². The molecule has 1 N–H and O–H groups in total. The van der Waals surface area contributed by atoms with E-state index in [0.717, 1.165) is 24.8 Å². The second kappa shape index (κ2) is 7.68. The number of rotatable bonds is 6. The molecule has 134 valence electrons. The van der Waals surface area contributed by atoms with Gasteiger partial charge in [0.05, 0.1) is 4.90 Å². The number of nitrogens with one attached hydrogen (secondary N) is 1. The maximum atomic E-state index is 12.7. The van der Waals surface area contributed by atoms with Crippen LogP contribution in [-0.2, 0) is 22.9 Å². The van der Waals surface area contributed by atoms with E-state index in [0.29, 0.717) is 11.4 Å². The molecule has 0 saturated carbocycles. The van der Waals surface area contributed by atoms with Gasteiger partial charge in [-0.25, -0.2) is 13.1 Å². The molecule has 0 heterocycles. The quantitative estimate of drug-likeness (QED) is 0.863. The van der Waals surface area contributed by atoms with E-state index >= 15 is 0 Å². The molecule has 0 saturated heterocycles. The first-order valence-corrected chi connectivity index (χ1v) is 10.3. The van der Waals surface area contributed by atoms with Crippen LogP contribution in [0.4, 0.5) is 0 Å². The lowest BCUT2D eigenvalue weighted by Crippen LogP contribution is -2.34. The van der Waals surface area contributed by atoms with Crippen LogP contribution in [0, 0.1) is 0 Å². The van der Waals surface area contributed by atoms with Gasteiger partial charge >= 0.3 is 0 Å². The van der Waals surface area contributed by atoms with Gasteiger partial charge in [-0.3, -0.25) is 0 Å². The number of benzene rings is 2. The van der Waals surface area contributed by atoms with Crippen LogP contribution in [0.1, 0.15) is 35.6 Å². The van der Waals surface area contributed by atoms with Gasteiger partial charge in [-0.15, -0.1) is 0 Å². The Hall–Kier alpha value is -1.69. The molecule has 0 bridgehead atoms. The normalized spacial score (nSPS) is 15.8. The van der Waals surface area contributed by atoms with Crippen LogP contribution in [0.5, 0.6) is 0 Å². The van der Waals surface area contributed by atoms with Crippen LogP contribution >= 0.6 is 0 Å². The van der Waals surface area contributed by atoms with Crippen molar-refractivity contribution in [3.8, 4) is 0 Å². The summed E-state index contributed by atoms with van der Waals surface area (Å²) >= 11 is 0. The number of likely N-dealkylation sites (N-methyl/N-ethyl adjacent to an activating group) is 1.